The quantitative estimate of drug-likeness (QED) is 0.584. The molecule has 1 heterocycles. The number of hydrogen-bond acceptors (Lipinski definition) is 4. The Morgan fingerprint density at radius 1 is 1.19 bits per heavy atom. The van der Waals surface area contributed by atoms with Crippen molar-refractivity contribution in [1.29, 1.82) is 0 Å². The number of carbonyl (C=O) groups excluding carboxylic acids is 1. The van der Waals surface area contributed by atoms with Gasteiger partial charge in [-0.2, -0.15) is 0 Å². The molecule has 5 rings (SSSR count). The van der Waals surface area contributed by atoms with Gasteiger partial charge >= 0.3 is 0 Å². The van der Waals surface area contributed by atoms with Gasteiger partial charge in [0.15, 0.2) is 0 Å². The molecule has 2 aliphatic rings. The summed E-state index contributed by atoms with van der Waals surface area (Å²) in [6, 6.07) is 11.6. The SMILES string of the molecule is CC[C@H](NC(=O)c1ccc(Cl)cc1)C1[C@H]2CC(Oc3ncnc4cc(F)ccc34)C[C@H]12. The van der Waals surface area contributed by atoms with Gasteiger partial charge in [-0.15, -0.1) is 0 Å². The summed E-state index contributed by atoms with van der Waals surface area (Å²) in [4.78, 5) is 21.0. The fourth-order valence-corrected chi connectivity index (χ4v) is 5.24. The summed E-state index contributed by atoms with van der Waals surface area (Å²) in [5.74, 6) is 1.71. The lowest BCUT2D eigenvalue weighted by Crippen LogP contribution is -2.37. The van der Waals surface area contributed by atoms with E-state index in [1.165, 1.54) is 18.5 Å². The first-order chi connectivity index (χ1) is 15.0. The van der Waals surface area contributed by atoms with Crippen molar-refractivity contribution in [3.05, 3.63) is 65.2 Å². The first-order valence-electron chi connectivity index (χ1n) is 10.7. The number of ether oxygens (including phenoxy) is 1. The van der Waals surface area contributed by atoms with E-state index in [4.69, 9.17) is 16.3 Å². The van der Waals surface area contributed by atoms with E-state index in [9.17, 15) is 9.18 Å². The molecule has 3 atom stereocenters. The summed E-state index contributed by atoms with van der Waals surface area (Å²) >= 11 is 5.92. The van der Waals surface area contributed by atoms with Crippen LogP contribution in [0.3, 0.4) is 0 Å². The monoisotopic (exact) mass is 439 g/mol. The Balaban J connectivity index is 1.20. The molecular formula is C24H23ClFN3O2. The predicted octanol–water partition coefficient (Wildman–Crippen LogP) is 5.03. The van der Waals surface area contributed by atoms with Crippen molar-refractivity contribution >= 4 is 28.4 Å². The highest BCUT2D eigenvalue weighted by Crippen LogP contribution is 2.60. The minimum Gasteiger partial charge on any atom is -0.474 e. The van der Waals surface area contributed by atoms with Crippen LogP contribution in [0.1, 0.15) is 36.5 Å². The van der Waals surface area contributed by atoms with Crippen molar-refractivity contribution in [3.8, 4) is 5.88 Å². The van der Waals surface area contributed by atoms with Crippen molar-refractivity contribution in [2.24, 2.45) is 17.8 Å². The molecule has 2 fully saturated rings. The number of nitrogens with zero attached hydrogens (tertiary/aromatic N) is 2. The van der Waals surface area contributed by atoms with Crippen molar-refractivity contribution in [1.82, 2.24) is 15.3 Å². The van der Waals surface area contributed by atoms with Crippen LogP contribution in [-0.2, 0) is 0 Å². The highest BCUT2D eigenvalue weighted by Gasteiger charge is 2.59. The highest BCUT2D eigenvalue weighted by molar-refractivity contribution is 6.30. The van der Waals surface area contributed by atoms with Crippen LogP contribution >= 0.6 is 11.6 Å². The summed E-state index contributed by atoms with van der Waals surface area (Å²) in [5, 5.41) is 4.55. The largest absolute Gasteiger partial charge is 0.474 e. The molecule has 7 heteroatoms. The molecule has 2 aromatic carbocycles. The van der Waals surface area contributed by atoms with Crippen molar-refractivity contribution in [2.75, 3.05) is 0 Å². The fourth-order valence-electron chi connectivity index (χ4n) is 5.12. The van der Waals surface area contributed by atoms with Gasteiger partial charge in [-0.25, -0.2) is 14.4 Å². The van der Waals surface area contributed by atoms with Crippen LogP contribution in [-0.4, -0.2) is 28.0 Å². The van der Waals surface area contributed by atoms with Crippen LogP contribution in [0.2, 0.25) is 5.02 Å². The molecule has 2 aliphatic carbocycles. The summed E-state index contributed by atoms with van der Waals surface area (Å²) in [6.07, 6.45) is 4.27. The number of rotatable bonds is 6. The second-order valence-electron chi connectivity index (χ2n) is 8.45. The van der Waals surface area contributed by atoms with E-state index in [2.05, 4.69) is 22.2 Å². The fraction of sp³-hybridized carbons (Fsp3) is 0.375. The average Bonchev–Trinajstić information content (AvgIpc) is 3.25. The zero-order chi connectivity index (χ0) is 21.5. The summed E-state index contributed by atoms with van der Waals surface area (Å²) in [7, 11) is 0. The Hall–Kier alpha value is -2.73. The zero-order valence-corrected chi connectivity index (χ0v) is 17.8. The molecule has 1 amide bonds. The van der Waals surface area contributed by atoms with Crippen LogP contribution < -0.4 is 10.1 Å². The molecule has 31 heavy (non-hydrogen) atoms. The predicted molar refractivity (Wildman–Crippen MR) is 117 cm³/mol. The minimum atomic E-state index is -0.326. The van der Waals surface area contributed by atoms with E-state index in [-0.39, 0.29) is 23.9 Å². The molecule has 160 valence electrons. The van der Waals surface area contributed by atoms with Crippen molar-refractivity contribution in [2.45, 2.75) is 38.3 Å². The summed E-state index contributed by atoms with van der Waals surface area (Å²) in [6.45, 7) is 2.11. The Bertz CT molecular complexity index is 1110. The van der Waals surface area contributed by atoms with E-state index < -0.39 is 0 Å². The maximum Gasteiger partial charge on any atom is 0.251 e. The van der Waals surface area contributed by atoms with Gasteiger partial charge < -0.3 is 10.1 Å². The lowest BCUT2D eigenvalue weighted by molar-refractivity contribution is 0.0924. The average molecular weight is 440 g/mol. The number of benzene rings is 2. The zero-order valence-electron chi connectivity index (χ0n) is 17.1. The third kappa shape index (κ3) is 3.97. The number of fused-ring (bicyclic) bond motifs is 2. The second kappa shape index (κ2) is 8.08. The van der Waals surface area contributed by atoms with E-state index in [1.54, 1.807) is 30.3 Å². The summed E-state index contributed by atoms with van der Waals surface area (Å²) in [5.41, 5.74) is 1.17. The van der Waals surface area contributed by atoms with Gasteiger partial charge in [-0.05, 0) is 73.4 Å². The lowest BCUT2D eigenvalue weighted by Gasteiger charge is -2.22. The number of amides is 1. The van der Waals surface area contributed by atoms with Crippen molar-refractivity contribution < 1.29 is 13.9 Å². The highest BCUT2D eigenvalue weighted by atomic mass is 35.5. The van der Waals surface area contributed by atoms with Gasteiger partial charge in [0.2, 0.25) is 5.88 Å². The first-order valence-corrected chi connectivity index (χ1v) is 11.0. The maximum absolute atomic E-state index is 13.5. The van der Waals surface area contributed by atoms with E-state index in [0.717, 1.165) is 24.6 Å². The Morgan fingerprint density at radius 2 is 1.94 bits per heavy atom. The van der Waals surface area contributed by atoms with Gasteiger partial charge in [0.05, 0.1) is 10.9 Å². The maximum atomic E-state index is 13.5. The molecule has 1 N–H and O–H groups in total. The topological polar surface area (TPSA) is 64.1 Å². The Labute approximate surface area is 185 Å². The van der Waals surface area contributed by atoms with Gasteiger partial charge in [0, 0.05) is 22.7 Å². The van der Waals surface area contributed by atoms with Gasteiger partial charge in [-0.1, -0.05) is 18.5 Å². The van der Waals surface area contributed by atoms with Crippen LogP contribution in [0.5, 0.6) is 5.88 Å². The number of hydrogen-bond donors (Lipinski definition) is 1. The normalized spacial score (nSPS) is 23.4. The number of aromatic nitrogens is 2. The van der Waals surface area contributed by atoms with E-state index in [1.807, 2.05) is 0 Å². The first kappa shape index (κ1) is 20.2. The molecular weight excluding hydrogens is 417 g/mol. The minimum absolute atomic E-state index is 0.0547. The van der Waals surface area contributed by atoms with E-state index >= 15 is 0 Å². The number of halogens is 2. The van der Waals surface area contributed by atoms with Crippen LogP contribution in [0, 0.1) is 23.6 Å². The molecule has 0 spiro atoms. The number of carbonyl (C=O) groups is 1. The third-order valence-corrected chi connectivity index (χ3v) is 6.89. The standard InChI is InChI=1S/C24H23ClFN3O2/c1-2-20(29-23(30)13-3-5-14(25)6-4-13)22-18-10-16(11-19(18)22)31-24-17-8-7-15(26)9-21(17)27-12-28-24/h3-9,12,16,18-20,22H,2,10-11H2,1H3,(H,29,30)/t16?,18-,19-,20-,22?/m0/s1. The molecule has 0 radical (unpaired) electrons. The van der Waals surface area contributed by atoms with Gasteiger partial charge in [0.25, 0.3) is 5.91 Å². The van der Waals surface area contributed by atoms with Gasteiger partial charge in [0.1, 0.15) is 18.2 Å². The smallest absolute Gasteiger partial charge is 0.251 e. The third-order valence-electron chi connectivity index (χ3n) is 6.64. The second-order valence-corrected chi connectivity index (χ2v) is 8.89. The lowest BCUT2D eigenvalue weighted by atomic mass is 10.00. The molecule has 0 bridgehead atoms. The Morgan fingerprint density at radius 3 is 2.65 bits per heavy atom. The summed E-state index contributed by atoms with van der Waals surface area (Å²) < 4.78 is 19.6. The van der Waals surface area contributed by atoms with Crippen molar-refractivity contribution in [3.63, 3.8) is 0 Å². The molecule has 2 saturated carbocycles. The molecule has 0 unspecified atom stereocenters. The van der Waals surface area contributed by atoms with Gasteiger partial charge in [-0.3, -0.25) is 4.79 Å². The van der Waals surface area contributed by atoms with E-state index in [0.29, 0.717) is 39.7 Å². The van der Waals surface area contributed by atoms with Crippen LogP contribution in [0.15, 0.2) is 48.8 Å². The van der Waals surface area contributed by atoms with Crippen LogP contribution in [0.25, 0.3) is 10.9 Å². The molecule has 0 aliphatic heterocycles. The molecule has 3 aromatic rings. The number of nitrogens with one attached hydrogen (secondary N) is 1. The van der Waals surface area contributed by atoms with Crippen LogP contribution in [0.4, 0.5) is 4.39 Å². The molecule has 5 nitrogen and oxygen atoms in total. The molecule has 1 aromatic heterocycles. The Kier molecular flexibility index (Phi) is 5.26. The molecule has 0 saturated heterocycles.